The summed E-state index contributed by atoms with van der Waals surface area (Å²) in [5, 5.41) is 2.12. The molecule has 0 saturated heterocycles. The molecule has 0 fully saturated rings. The van der Waals surface area contributed by atoms with E-state index in [0.29, 0.717) is 6.61 Å². The summed E-state index contributed by atoms with van der Waals surface area (Å²) in [6, 6.07) is 2.20. The number of nitrogens with zero attached hydrogens (tertiary/aromatic N) is 3. The number of thiophene rings is 1. The van der Waals surface area contributed by atoms with Crippen LogP contribution in [0.1, 0.15) is 32.0 Å². The van der Waals surface area contributed by atoms with E-state index in [1.807, 2.05) is 6.92 Å². The van der Waals surface area contributed by atoms with Gasteiger partial charge in [0.15, 0.2) is 0 Å². The fraction of sp³-hybridized carbons (Fsp3) is 0.389. The van der Waals surface area contributed by atoms with Gasteiger partial charge in [-0.1, -0.05) is 12.2 Å². The molecule has 0 N–H and O–H groups in total. The van der Waals surface area contributed by atoms with E-state index in [1.165, 1.54) is 5.56 Å². The van der Waals surface area contributed by atoms with Gasteiger partial charge < -0.3 is 4.74 Å². The zero-order valence-corrected chi connectivity index (χ0v) is 15.7. The summed E-state index contributed by atoms with van der Waals surface area (Å²) in [4.78, 5) is 15.0. The average molecular weight is 358 g/mol. The van der Waals surface area contributed by atoms with Crippen LogP contribution in [0.4, 0.5) is 0 Å². The van der Waals surface area contributed by atoms with E-state index in [0.717, 1.165) is 48.9 Å². The smallest absolute Gasteiger partial charge is 0.126 e. The molecule has 3 aromatic rings. The van der Waals surface area contributed by atoms with Gasteiger partial charge in [0, 0.05) is 23.1 Å². The number of fused-ring (bicyclic) bond motifs is 4. The summed E-state index contributed by atoms with van der Waals surface area (Å²) in [5.74, 6) is 0.867. The number of aromatic nitrogens is 3. The van der Waals surface area contributed by atoms with E-state index in [4.69, 9.17) is 9.72 Å². The van der Waals surface area contributed by atoms with E-state index < -0.39 is 0 Å². The van der Waals surface area contributed by atoms with Crippen LogP contribution in [0, 0.1) is 0 Å². The van der Waals surface area contributed by atoms with Crippen molar-refractivity contribution in [1.82, 2.24) is 15.0 Å². The summed E-state index contributed by atoms with van der Waals surface area (Å²) in [6.07, 6.45) is 2.49. The first-order chi connectivity index (χ1) is 11.4. The van der Waals surface area contributed by atoms with Crippen LogP contribution in [0.2, 0.25) is 0 Å². The second kappa shape index (κ2) is 5.79. The molecule has 124 valence electrons. The lowest BCUT2D eigenvalue weighted by Gasteiger charge is -2.30. The molecule has 4 heterocycles. The molecule has 0 unspecified atom stereocenters. The lowest BCUT2D eigenvalue weighted by Crippen LogP contribution is -2.32. The van der Waals surface area contributed by atoms with Crippen molar-refractivity contribution >= 4 is 43.5 Å². The Labute approximate surface area is 149 Å². The highest BCUT2D eigenvalue weighted by Crippen LogP contribution is 2.39. The summed E-state index contributed by atoms with van der Waals surface area (Å²) in [7, 11) is 0. The molecule has 0 aliphatic carbocycles. The molecule has 0 bridgehead atoms. The van der Waals surface area contributed by atoms with Gasteiger partial charge in [0.25, 0.3) is 0 Å². The Hall–Kier alpha value is -1.50. The van der Waals surface area contributed by atoms with Gasteiger partial charge in [-0.3, -0.25) is 0 Å². The minimum atomic E-state index is -0.146. The highest BCUT2D eigenvalue weighted by atomic mass is 32.2. The number of hydrogen-bond acceptors (Lipinski definition) is 6. The van der Waals surface area contributed by atoms with Crippen molar-refractivity contribution in [2.45, 2.75) is 44.4 Å². The Morgan fingerprint density at radius 1 is 1.42 bits per heavy atom. The Morgan fingerprint density at radius 2 is 2.25 bits per heavy atom. The minimum absolute atomic E-state index is 0.146. The number of pyridine rings is 1. The Balaban J connectivity index is 1.86. The zero-order valence-electron chi connectivity index (χ0n) is 14.0. The average Bonchev–Trinajstić information content (AvgIpc) is 2.88. The maximum Gasteiger partial charge on any atom is 0.126 e. The first-order valence-electron chi connectivity index (χ1n) is 7.90. The van der Waals surface area contributed by atoms with Crippen LogP contribution in [-0.2, 0) is 17.8 Å². The van der Waals surface area contributed by atoms with E-state index in [1.54, 1.807) is 29.4 Å². The lowest BCUT2D eigenvalue weighted by molar-refractivity contribution is -0.0411. The van der Waals surface area contributed by atoms with Crippen LogP contribution in [0.15, 0.2) is 29.6 Å². The lowest BCUT2D eigenvalue weighted by atomic mass is 9.95. The predicted molar refractivity (Wildman–Crippen MR) is 101 cm³/mol. The molecule has 1 aliphatic heterocycles. The molecule has 0 aromatic carbocycles. The molecule has 4 nitrogen and oxygen atoms in total. The Kier molecular flexibility index (Phi) is 3.86. The maximum absolute atomic E-state index is 5.93. The van der Waals surface area contributed by atoms with Crippen LogP contribution in [0.25, 0.3) is 20.4 Å². The Bertz CT molecular complexity index is 962. The number of ether oxygens (including phenoxy) is 1. The summed E-state index contributed by atoms with van der Waals surface area (Å²) >= 11 is 3.40. The summed E-state index contributed by atoms with van der Waals surface area (Å²) < 4.78 is 7.05. The Morgan fingerprint density at radius 3 is 3.04 bits per heavy atom. The standard InChI is InChI=1S/C18H19N3OS2/c1-10(2)8-23-17-15-14(19-9-20-17)12-5-11-7-22-18(3,4)6-13(11)21-16(12)24-15/h5,9H,1,6-8H2,2-4H3. The second-order valence-corrected chi connectivity index (χ2v) is 8.84. The van der Waals surface area contributed by atoms with Gasteiger partial charge in [-0.15, -0.1) is 23.1 Å². The van der Waals surface area contributed by atoms with Gasteiger partial charge in [0.1, 0.15) is 16.2 Å². The van der Waals surface area contributed by atoms with Crippen molar-refractivity contribution in [1.29, 1.82) is 0 Å². The van der Waals surface area contributed by atoms with Crippen molar-refractivity contribution < 1.29 is 4.74 Å². The third-order valence-electron chi connectivity index (χ3n) is 4.05. The van der Waals surface area contributed by atoms with Gasteiger partial charge >= 0.3 is 0 Å². The molecule has 0 spiro atoms. The molecule has 0 radical (unpaired) electrons. The van der Waals surface area contributed by atoms with Gasteiger partial charge in [0.05, 0.1) is 28.1 Å². The molecule has 4 rings (SSSR count). The molecule has 0 amide bonds. The highest BCUT2D eigenvalue weighted by molar-refractivity contribution is 7.99. The van der Waals surface area contributed by atoms with Crippen LogP contribution in [-0.4, -0.2) is 26.3 Å². The van der Waals surface area contributed by atoms with Crippen LogP contribution >= 0.6 is 23.1 Å². The fourth-order valence-electron chi connectivity index (χ4n) is 2.86. The van der Waals surface area contributed by atoms with Crippen LogP contribution < -0.4 is 0 Å². The first kappa shape index (κ1) is 16.0. The molecule has 3 aromatic heterocycles. The largest absolute Gasteiger partial charge is 0.370 e. The normalized spacial score (nSPS) is 16.5. The van der Waals surface area contributed by atoms with E-state index in [9.17, 15) is 0 Å². The molecule has 0 saturated carbocycles. The fourth-order valence-corrected chi connectivity index (χ4v) is 4.91. The SMILES string of the molecule is C=C(C)CSc1ncnc2c1sc1nc3c(cc12)COC(C)(C)C3. The van der Waals surface area contributed by atoms with Crippen molar-refractivity contribution in [2.24, 2.45) is 0 Å². The van der Waals surface area contributed by atoms with Crippen molar-refractivity contribution in [3.05, 3.63) is 35.8 Å². The minimum Gasteiger partial charge on any atom is -0.370 e. The van der Waals surface area contributed by atoms with E-state index in [2.05, 4.69) is 36.5 Å². The topological polar surface area (TPSA) is 47.9 Å². The van der Waals surface area contributed by atoms with Gasteiger partial charge in [-0.05, 0) is 26.8 Å². The summed E-state index contributed by atoms with van der Waals surface area (Å²) in [5.41, 5.74) is 4.31. The van der Waals surface area contributed by atoms with Gasteiger partial charge in [-0.25, -0.2) is 15.0 Å². The van der Waals surface area contributed by atoms with E-state index in [-0.39, 0.29) is 5.60 Å². The third-order valence-corrected chi connectivity index (χ3v) is 6.49. The second-order valence-electron chi connectivity index (χ2n) is 6.88. The van der Waals surface area contributed by atoms with Crippen molar-refractivity contribution in [3.63, 3.8) is 0 Å². The summed E-state index contributed by atoms with van der Waals surface area (Å²) in [6.45, 7) is 10.9. The monoisotopic (exact) mass is 357 g/mol. The van der Waals surface area contributed by atoms with E-state index >= 15 is 0 Å². The van der Waals surface area contributed by atoms with Crippen LogP contribution in [0.3, 0.4) is 0 Å². The molecule has 0 atom stereocenters. The van der Waals surface area contributed by atoms with Crippen molar-refractivity contribution in [3.8, 4) is 0 Å². The molecular weight excluding hydrogens is 338 g/mol. The maximum atomic E-state index is 5.93. The quantitative estimate of drug-likeness (QED) is 0.384. The number of thioether (sulfide) groups is 1. The third kappa shape index (κ3) is 2.83. The zero-order chi connectivity index (χ0) is 16.9. The highest BCUT2D eigenvalue weighted by Gasteiger charge is 2.28. The van der Waals surface area contributed by atoms with Crippen molar-refractivity contribution in [2.75, 3.05) is 5.75 Å². The first-order valence-corrected chi connectivity index (χ1v) is 9.70. The van der Waals surface area contributed by atoms with Gasteiger partial charge in [-0.2, -0.15) is 0 Å². The van der Waals surface area contributed by atoms with Crippen LogP contribution in [0.5, 0.6) is 0 Å². The molecule has 24 heavy (non-hydrogen) atoms. The number of rotatable bonds is 3. The molecule has 6 heteroatoms. The predicted octanol–water partition coefficient (Wildman–Crippen LogP) is 4.76. The number of hydrogen-bond donors (Lipinski definition) is 0. The molecule has 1 aliphatic rings. The molecular formula is C18H19N3OS2. The van der Waals surface area contributed by atoms with Gasteiger partial charge in [0.2, 0.25) is 0 Å².